The molecule has 1 aromatic rings. The third-order valence-corrected chi connectivity index (χ3v) is 4.17. The van der Waals surface area contributed by atoms with Crippen LogP contribution < -0.4 is 4.90 Å². The Labute approximate surface area is 108 Å². The first-order valence-corrected chi connectivity index (χ1v) is 8.26. The highest BCUT2D eigenvalue weighted by molar-refractivity contribution is 7.90. The lowest BCUT2D eigenvalue weighted by atomic mass is 10.0. The molecule has 1 aliphatic heterocycles. The summed E-state index contributed by atoms with van der Waals surface area (Å²) in [6.45, 7) is 2.72. The van der Waals surface area contributed by atoms with Crippen molar-refractivity contribution in [3.05, 3.63) is 18.1 Å². The summed E-state index contributed by atoms with van der Waals surface area (Å²) in [7, 11) is -2.96. The van der Waals surface area contributed by atoms with Gasteiger partial charge in [0.1, 0.15) is 21.5 Å². The number of hydrogen-bond acceptors (Lipinski definition) is 5. The van der Waals surface area contributed by atoms with E-state index in [0.29, 0.717) is 0 Å². The fourth-order valence-corrected chi connectivity index (χ4v) is 3.47. The van der Waals surface area contributed by atoms with Gasteiger partial charge in [-0.2, -0.15) is 0 Å². The molecule has 2 rings (SSSR count). The van der Waals surface area contributed by atoms with Gasteiger partial charge in [-0.1, -0.05) is 0 Å². The largest absolute Gasteiger partial charge is 0.353 e. The number of nitrogens with zero attached hydrogens (tertiary/aromatic N) is 3. The Kier molecular flexibility index (Phi) is 3.85. The van der Waals surface area contributed by atoms with E-state index in [-0.39, 0.29) is 11.8 Å². The molecule has 0 N–H and O–H groups in total. The summed E-state index contributed by atoms with van der Waals surface area (Å²) in [5, 5.41) is 0. The number of rotatable bonds is 3. The lowest BCUT2D eigenvalue weighted by Gasteiger charge is -2.36. The Morgan fingerprint density at radius 3 is 2.89 bits per heavy atom. The van der Waals surface area contributed by atoms with E-state index in [0.717, 1.165) is 37.4 Å². The Morgan fingerprint density at radius 1 is 1.44 bits per heavy atom. The molecule has 18 heavy (non-hydrogen) atoms. The van der Waals surface area contributed by atoms with E-state index in [1.165, 1.54) is 6.26 Å². The molecular formula is C12H19N3O2S. The van der Waals surface area contributed by atoms with Crippen LogP contribution in [0.4, 0.5) is 5.82 Å². The summed E-state index contributed by atoms with van der Waals surface area (Å²) in [6.07, 6.45) is 6.11. The Hall–Kier alpha value is -1.17. The molecule has 1 atom stereocenters. The normalized spacial score (nSPS) is 21.0. The second-order valence-corrected chi connectivity index (χ2v) is 7.08. The minimum Gasteiger partial charge on any atom is -0.353 e. The average molecular weight is 269 g/mol. The van der Waals surface area contributed by atoms with Gasteiger partial charge in [0.25, 0.3) is 0 Å². The predicted molar refractivity (Wildman–Crippen MR) is 71.5 cm³/mol. The van der Waals surface area contributed by atoms with Crippen molar-refractivity contribution in [2.24, 2.45) is 0 Å². The number of aromatic nitrogens is 2. The van der Waals surface area contributed by atoms with E-state index < -0.39 is 9.84 Å². The molecule has 1 aliphatic rings. The smallest absolute Gasteiger partial charge is 0.149 e. The molecular weight excluding hydrogens is 250 g/mol. The SMILES string of the molecule is Cc1nccc(N2CCCCC2CS(C)(=O)=O)n1. The molecule has 2 heterocycles. The van der Waals surface area contributed by atoms with Crippen LogP contribution in [-0.4, -0.2) is 43.0 Å². The number of piperidine rings is 1. The molecule has 1 aromatic heterocycles. The van der Waals surface area contributed by atoms with Crippen LogP contribution in [0.25, 0.3) is 0 Å². The summed E-state index contributed by atoms with van der Waals surface area (Å²) in [4.78, 5) is 10.6. The van der Waals surface area contributed by atoms with Crippen LogP contribution >= 0.6 is 0 Å². The van der Waals surface area contributed by atoms with Crippen LogP contribution in [-0.2, 0) is 9.84 Å². The third kappa shape index (κ3) is 3.41. The van der Waals surface area contributed by atoms with E-state index in [4.69, 9.17) is 0 Å². The zero-order chi connectivity index (χ0) is 13.2. The van der Waals surface area contributed by atoms with Gasteiger partial charge in [0.05, 0.1) is 5.75 Å². The quantitative estimate of drug-likeness (QED) is 0.824. The summed E-state index contributed by atoms with van der Waals surface area (Å²) < 4.78 is 23.0. The number of sulfone groups is 1. The van der Waals surface area contributed by atoms with Crippen molar-refractivity contribution >= 4 is 15.7 Å². The minimum atomic E-state index is -2.96. The Balaban J connectivity index is 2.22. The Morgan fingerprint density at radius 2 is 2.22 bits per heavy atom. The summed E-state index contributed by atoms with van der Waals surface area (Å²) in [5.41, 5.74) is 0. The minimum absolute atomic E-state index is 0.0445. The number of aryl methyl sites for hydroxylation is 1. The lowest BCUT2D eigenvalue weighted by molar-refractivity contribution is 0.477. The molecule has 0 bridgehead atoms. The molecule has 6 heteroatoms. The van der Waals surface area contributed by atoms with Gasteiger partial charge in [0.2, 0.25) is 0 Å². The first-order chi connectivity index (χ1) is 8.46. The lowest BCUT2D eigenvalue weighted by Crippen LogP contribution is -2.44. The van der Waals surface area contributed by atoms with E-state index in [1.54, 1.807) is 6.20 Å². The number of hydrogen-bond donors (Lipinski definition) is 0. The van der Waals surface area contributed by atoms with Crippen LogP contribution in [0.15, 0.2) is 12.3 Å². The molecule has 0 radical (unpaired) electrons. The monoisotopic (exact) mass is 269 g/mol. The van der Waals surface area contributed by atoms with Crippen LogP contribution in [0.1, 0.15) is 25.1 Å². The highest BCUT2D eigenvalue weighted by Gasteiger charge is 2.26. The molecule has 0 amide bonds. The van der Waals surface area contributed by atoms with Crippen molar-refractivity contribution < 1.29 is 8.42 Å². The summed E-state index contributed by atoms with van der Waals surface area (Å²) >= 11 is 0. The average Bonchev–Trinajstić information content (AvgIpc) is 2.27. The fourth-order valence-electron chi connectivity index (χ4n) is 2.43. The molecule has 1 fully saturated rings. The van der Waals surface area contributed by atoms with Gasteiger partial charge in [0, 0.05) is 25.0 Å². The first-order valence-electron chi connectivity index (χ1n) is 6.20. The van der Waals surface area contributed by atoms with Gasteiger partial charge in [0.15, 0.2) is 0 Å². The van der Waals surface area contributed by atoms with E-state index in [2.05, 4.69) is 14.9 Å². The zero-order valence-electron chi connectivity index (χ0n) is 10.8. The highest BCUT2D eigenvalue weighted by atomic mass is 32.2. The molecule has 1 saturated heterocycles. The molecule has 0 aliphatic carbocycles. The number of anilines is 1. The second-order valence-electron chi connectivity index (χ2n) is 4.90. The summed E-state index contributed by atoms with van der Waals surface area (Å²) in [5.74, 6) is 1.77. The zero-order valence-corrected chi connectivity index (χ0v) is 11.7. The summed E-state index contributed by atoms with van der Waals surface area (Å²) in [6, 6.07) is 1.90. The van der Waals surface area contributed by atoms with Crippen molar-refractivity contribution in [3.63, 3.8) is 0 Å². The third-order valence-electron chi connectivity index (χ3n) is 3.18. The first kappa shape index (κ1) is 13.3. The van der Waals surface area contributed by atoms with Gasteiger partial charge in [-0.25, -0.2) is 18.4 Å². The maximum absolute atomic E-state index is 11.5. The molecule has 0 spiro atoms. The van der Waals surface area contributed by atoms with Crippen LogP contribution in [0.3, 0.4) is 0 Å². The maximum atomic E-state index is 11.5. The standard InChI is InChI=1S/C12H19N3O2S/c1-10-13-7-6-12(14-10)15-8-4-3-5-11(15)9-18(2,16)17/h6-7,11H,3-5,8-9H2,1-2H3. The van der Waals surface area contributed by atoms with Gasteiger partial charge in [-0.15, -0.1) is 0 Å². The Bertz CT molecular complexity index is 516. The van der Waals surface area contributed by atoms with Crippen molar-refractivity contribution in [2.75, 3.05) is 23.5 Å². The van der Waals surface area contributed by atoms with Crippen molar-refractivity contribution in [1.29, 1.82) is 0 Å². The molecule has 5 nitrogen and oxygen atoms in total. The van der Waals surface area contributed by atoms with Crippen molar-refractivity contribution in [3.8, 4) is 0 Å². The van der Waals surface area contributed by atoms with Crippen LogP contribution in [0, 0.1) is 6.92 Å². The van der Waals surface area contributed by atoms with E-state index >= 15 is 0 Å². The predicted octanol–water partition coefficient (Wildman–Crippen LogP) is 1.19. The molecule has 0 saturated carbocycles. The maximum Gasteiger partial charge on any atom is 0.149 e. The fraction of sp³-hybridized carbons (Fsp3) is 0.667. The van der Waals surface area contributed by atoms with Crippen molar-refractivity contribution in [2.45, 2.75) is 32.2 Å². The van der Waals surface area contributed by atoms with E-state index in [9.17, 15) is 8.42 Å². The van der Waals surface area contributed by atoms with E-state index in [1.807, 2.05) is 13.0 Å². The highest BCUT2D eigenvalue weighted by Crippen LogP contribution is 2.23. The topological polar surface area (TPSA) is 63.2 Å². The second kappa shape index (κ2) is 5.22. The van der Waals surface area contributed by atoms with Crippen LogP contribution in [0.2, 0.25) is 0 Å². The van der Waals surface area contributed by atoms with Gasteiger partial charge in [-0.05, 0) is 32.3 Å². The molecule has 100 valence electrons. The van der Waals surface area contributed by atoms with Gasteiger partial charge < -0.3 is 4.90 Å². The van der Waals surface area contributed by atoms with Gasteiger partial charge in [-0.3, -0.25) is 0 Å². The molecule has 1 unspecified atom stereocenters. The van der Waals surface area contributed by atoms with Crippen LogP contribution in [0.5, 0.6) is 0 Å². The molecule has 0 aromatic carbocycles. The van der Waals surface area contributed by atoms with Crippen molar-refractivity contribution in [1.82, 2.24) is 9.97 Å². The van der Waals surface area contributed by atoms with Gasteiger partial charge >= 0.3 is 0 Å².